The lowest BCUT2D eigenvalue weighted by Gasteiger charge is -2.55. The molecule has 188 valence electrons. The van der Waals surface area contributed by atoms with Crippen molar-refractivity contribution in [3.63, 3.8) is 0 Å². The van der Waals surface area contributed by atoms with Crippen molar-refractivity contribution in [1.82, 2.24) is 5.32 Å². The molecule has 4 bridgehead atoms. The zero-order valence-electron chi connectivity index (χ0n) is 21.0. The number of carbonyl (C=O) groups is 2. The van der Waals surface area contributed by atoms with Crippen LogP contribution in [0.25, 0.3) is 0 Å². The third-order valence-electron chi connectivity index (χ3n) is 7.89. The first kappa shape index (κ1) is 26.2. The number of amides is 1. The Labute approximate surface area is 199 Å². The molecule has 4 saturated carbocycles. The van der Waals surface area contributed by atoms with E-state index in [4.69, 9.17) is 20.9 Å². The van der Waals surface area contributed by atoms with Gasteiger partial charge in [-0.15, -0.1) is 0 Å². The maximum absolute atomic E-state index is 12.0. The summed E-state index contributed by atoms with van der Waals surface area (Å²) in [7, 11) is 0. The topological polar surface area (TPSA) is 117 Å². The van der Waals surface area contributed by atoms with Gasteiger partial charge in [0.05, 0.1) is 24.9 Å². The van der Waals surface area contributed by atoms with Gasteiger partial charge in [-0.1, -0.05) is 13.8 Å². The van der Waals surface area contributed by atoms with E-state index in [1.807, 2.05) is 13.8 Å². The lowest BCUT2D eigenvalue weighted by Crippen LogP contribution is -2.57. The first-order chi connectivity index (χ1) is 15.7. The molecule has 33 heavy (non-hydrogen) atoms. The van der Waals surface area contributed by atoms with Crippen LogP contribution in [0.2, 0.25) is 0 Å². The van der Waals surface area contributed by atoms with Crippen LogP contribution in [0.4, 0.5) is 0 Å². The van der Waals surface area contributed by atoms with Crippen molar-refractivity contribution < 1.29 is 19.1 Å². The molecule has 0 unspecified atom stereocenters. The van der Waals surface area contributed by atoms with Crippen LogP contribution in [0.5, 0.6) is 0 Å². The van der Waals surface area contributed by atoms with Gasteiger partial charge in [0.1, 0.15) is 0 Å². The Kier molecular flexibility index (Phi) is 8.98. The summed E-state index contributed by atoms with van der Waals surface area (Å²) in [5.74, 6) is 2.53. The predicted molar refractivity (Wildman–Crippen MR) is 129 cm³/mol. The Morgan fingerprint density at radius 1 is 1.09 bits per heavy atom. The molecule has 0 aromatic rings. The van der Waals surface area contributed by atoms with E-state index in [0.29, 0.717) is 24.1 Å². The van der Waals surface area contributed by atoms with E-state index in [9.17, 15) is 9.59 Å². The van der Waals surface area contributed by atoms with Crippen molar-refractivity contribution in [2.75, 3.05) is 6.61 Å². The summed E-state index contributed by atoms with van der Waals surface area (Å²) in [5.41, 5.74) is 13.3. The Hall–Kier alpha value is -1.44. The molecule has 0 aliphatic heterocycles. The third-order valence-corrected chi connectivity index (χ3v) is 7.89. The van der Waals surface area contributed by atoms with Crippen LogP contribution in [-0.4, -0.2) is 48.3 Å². The number of carbonyl (C=O) groups excluding carboxylic acids is 2. The van der Waals surface area contributed by atoms with E-state index in [0.717, 1.165) is 30.6 Å². The molecule has 1 amide bonds. The van der Waals surface area contributed by atoms with Gasteiger partial charge >= 0.3 is 5.97 Å². The number of nitrogens with two attached hydrogens (primary N) is 2. The van der Waals surface area contributed by atoms with Gasteiger partial charge < -0.3 is 26.3 Å². The van der Waals surface area contributed by atoms with E-state index >= 15 is 0 Å². The van der Waals surface area contributed by atoms with Gasteiger partial charge in [-0.3, -0.25) is 4.79 Å². The number of ether oxygens (including phenoxy) is 2. The largest absolute Gasteiger partial charge is 0.463 e. The fourth-order valence-corrected chi connectivity index (χ4v) is 6.80. The van der Waals surface area contributed by atoms with Gasteiger partial charge in [-0.25, -0.2) is 4.79 Å². The lowest BCUT2D eigenvalue weighted by molar-refractivity contribution is -0.139. The van der Waals surface area contributed by atoms with Crippen molar-refractivity contribution >= 4 is 11.9 Å². The minimum Gasteiger partial charge on any atom is -0.463 e. The average Bonchev–Trinajstić information content (AvgIpc) is 2.72. The van der Waals surface area contributed by atoms with Crippen LogP contribution in [-0.2, 0) is 19.1 Å². The first-order valence-corrected chi connectivity index (χ1v) is 13.0. The van der Waals surface area contributed by atoms with Crippen molar-refractivity contribution in [3.8, 4) is 0 Å². The second kappa shape index (κ2) is 11.3. The van der Waals surface area contributed by atoms with Gasteiger partial charge in [0.15, 0.2) is 0 Å². The fourth-order valence-electron chi connectivity index (χ4n) is 6.80. The number of rotatable bonds is 7. The number of nitrogens with one attached hydrogen (secondary N) is 1. The molecule has 0 radical (unpaired) electrons. The first-order valence-electron chi connectivity index (χ1n) is 13.0. The standard InChI is InChI=1S/C16H28N2O4.C10H17N/c1-5-12(6-2)22-14-9-11(16(20)21-7-3)8-13(17)15(14)18-10(4)19;11-10-4-7-1-8(5-10)3-9(2-7)6-10/h9,12-15H,5-8,17H2,1-4H3,(H,18,19);7-9H,1-6,11H2/t13-,14+,15+;/m0./s1. The Balaban J connectivity index is 0.000000227. The van der Waals surface area contributed by atoms with Crippen LogP contribution >= 0.6 is 0 Å². The van der Waals surface area contributed by atoms with Gasteiger partial charge in [0.25, 0.3) is 0 Å². The normalized spacial score (nSPS) is 36.6. The number of esters is 1. The minimum absolute atomic E-state index is 0.0613. The second-order valence-electron chi connectivity index (χ2n) is 10.8. The predicted octanol–water partition coefficient (Wildman–Crippen LogP) is 3.20. The molecule has 4 fully saturated rings. The van der Waals surface area contributed by atoms with Crippen LogP contribution in [0.1, 0.15) is 85.5 Å². The molecule has 7 nitrogen and oxygen atoms in total. The minimum atomic E-state index is -0.419. The van der Waals surface area contributed by atoms with E-state index in [2.05, 4.69) is 5.32 Å². The lowest BCUT2D eigenvalue weighted by atomic mass is 9.53. The van der Waals surface area contributed by atoms with Crippen LogP contribution in [0, 0.1) is 17.8 Å². The molecule has 0 heterocycles. The summed E-state index contributed by atoms with van der Waals surface area (Å²) in [5, 5.41) is 2.84. The molecule has 0 spiro atoms. The molecule has 0 aromatic heterocycles. The van der Waals surface area contributed by atoms with Crippen molar-refractivity contribution in [3.05, 3.63) is 11.6 Å². The fraction of sp³-hybridized carbons (Fsp3) is 0.846. The van der Waals surface area contributed by atoms with Crippen molar-refractivity contribution in [1.29, 1.82) is 0 Å². The molecule has 0 aromatic carbocycles. The summed E-state index contributed by atoms with van der Waals surface area (Å²) in [6, 6.07) is -0.719. The molecule has 3 atom stereocenters. The average molecular weight is 464 g/mol. The summed E-state index contributed by atoms with van der Waals surface area (Å²) in [6.45, 7) is 7.62. The van der Waals surface area contributed by atoms with E-state index in [1.165, 1.54) is 45.4 Å². The van der Waals surface area contributed by atoms with E-state index in [1.54, 1.807) is 13.0 Å². The Morgan fingerprint density at radius 2 is 1.64 bits per heavy atom. The monoisotopic (exact) mass is 463 g/mol. The molecule has 5 aliphatic carbocycles. The van der Waals surface area contributed by atoms with E-state index < -0.39 is 6.10 Å². The maximum atomic E-state index is 12.0. The molecule has 5 aliphatic rings. The van der Waals surface area contributed by atoms with Gasteiger partial charge in [0, 0.05) is 24.1 Å². The number of hydrogen-bond acceptors (Lipinski definition) is 6. The highest BCUT2D eigenvalue weighted by Crippen LogP contribution is 2.54. The summed E-state index contributed by atoms with van der Waals surface area (Å²) in [4.78, 5) is 23.4. The molecule has 7 heteroatoms. The van der Waals surface area contributed by atoms with Crippen molar-refractivity contribution in [2.45, 2.75) is 115 Å². The van der Waals surface area contributed by atoms with Crippen LogP contribution in [0.15, 0.2) is 11.6 Å². The number of hydrogen-bond donors (Lipinski definition) is 3. The van der Waals surface area contributed by atoms with Crippen LogP contribution in [0.3, 0.4) is 0 Å². The SMILES string of the molecule is CCOC(=O)C1=C[C@@H](OC(CC)CC)[C@H](NC(C)=O)[C@@H](N)C1.NC12CC3CC(CC(C3)C1)C2. The molecule has 5 N–H and O–H groups in total. The zero-order valence-corrected chi connectivity index (χ0v) is 21.0. The molecular weight excluding hydrogens is 418 g/mol. The van der Waals surface area contributed by atoms with E-state index in [-0.39, 0.29) is 30.1 Å². The maximum Gasteiger partial charge on any atom is 0.333 e. The molecule has 5 rings (SSSR count). The van der Waals surface area contributed by atoms with Crippen LogP contribution < -0.4 is 16.8 Å². The smallest absolute Gasteiger partial charge is 0.333 e. The third kappa shape index (κ3) is 6.80. The zero-order chi connectivity index (χ0) is 24.2. The molecule has 0 saturated heterocycles. The highest BCUT2D eigenvalue weighted by atomic mass is 16.5. The summed E-state index contributed by atoms with van der Waals surface area (Å²) >= 11 is 0. The van der Waals surface area contributed by atoms with Gasteiger partial charge in [-0.05, 0) is 88.5 Å². The highest BCUT2D eigenvalue weighted by Gasteiger charge is 2.48. The molecular formula is C26H45N3O4. The van der Waals surface area contributed by atoms with Crippen molar-refractivity contribution in [2.24, 2.45) is 29.2 Å². The summed E-state index contributed by atoms with van der Waals surface area (Å²) < 4.78 is 11.1. The van der Waals surface area contributed by atoms with Gasteiger partial charge in [0.2, 0.25) is 5.91 Å². The Bertz CT molecular complexity index is 683. The summed E-state index contributed by atoms with van der Waals surface area (Å²) in [6.07, 6.45) is 12.0. The Morgan fingerprint density at radius 3 is 2.06 bits per heavy atom. The quantitative estimate of drug-likeness (QED) is 0.499. The highest BCUT2D eigenvalue weighted by molar-refractivity contribution is 5.89. The second-order valence-corrected chi connectivity index (χ2v) is 10.8. The van der Waals surface area contributed by atoms with Gasteiger partial charge in [-0.2, -0.15) is 0 Å².